The normalized spacial score (nSPS) is 9.86. The molecular weight excluding hydrogens is 354 g/mol. The fourth-order valence-corrected chi connectivity index (χ4v) is 2.13. The van der Waals surface area contributed by atoms with Gasteiger partial charge in [0.15, 0.2) is 0 Å². The standard InChI is InChI=1S/C13H20BrNO.C2H2O4/c1-4-12(5-2)15-9-10-8-11(14)6-7-13(10)16-3;3-1(4)2(5)6/h6-8,12,15H,4-5,9H2,1-3H3;(H,3,4)(H,5,6). The Morgan fingerprint density at radius 2 is 1.77 bits per heavy atom. The number of hydrogen-bond donors (Lipinski definition) is 3. The van der Waals surface area contributed by atoms with Gasteiger partial charge in [0.05, 0.1) is 7.11 Å². The molecule has 1 rings (SSSR count). The lowest BCUT2D eigenvalue weighted by Gasteiger charge is -2.16. The molecule has 0 heterocycles. The Bertz CT molecular complexity index is 477. The second-order valence-electron chi connectivity index (χ2n) is 4.46. The van der Waals surface area contributed by atoms with Crippen LogP contribution in [0.15, 0.2) is 22.7 Å². The summed E-state index contributed by atoms with van der Waals surface area (Å²) >= 11 is 3.48. The molecule has 0 saturated carbocycles. The van der Waals surface area contributed by atoms with E-state index in [-0.39, 0.29) is 0 Å². The van der Waals surface area contributed by atoms with Gasteiger partial charge >= 0.3 is 11.9 Å². The molecule has 0 atom stereocenters. The van der Waals surface area contributed by atoms with Gasteiger partial charge in [0.1, 0.15) is 5.75 Å². The highest BCUT2D eigenvalue weighted by molar-refractivity contribution is 9.10. The van der Waals surface area contributed by atoms with E-state index in [2.05, 4.69) is 41.2 Å². The maximum atomic E-state index is 9.10. The Morgan fingerprint density at radius 3 is 2.18 bits per heavy atom. The van der Waals surface area contributed by atoms with Crippen LogP contribution in [0.3, 0.4) is 0 Å². The number of carboxylic acid groups (broad SMARTS) is 2. The van der Waals surface area contributed by atoms with Gasteiger partial charge in [-0.05, 0) is 31.0 Å². The van der Waals surface area contributed by atoms with Crippen LogP contribution in [0.5, 0.6) is 5.75 Å². The molecule has 0 aliphatic heterocycles. The molecule has 22 heavy (non-hydrogen) atoms. The summed E-state index contributed by atoms with van der Waals surface area (Å²) in [6.07, 6.45) is 2.32. The number of nitrogens with one attached hydrogen (secondary N) is 1. The van der Waals surface area contributed by atoms with Gasteiger partial charge in [-0.1, -0.05) is 29.8 Å². The third-order valence-electron chi connectivity index (χ3n) is 2.99. The first-order chi connectivity index (χ1) is 10.3. The Labute approximate surface area is 138 Å². The molecule has 0 aliphatic carbocycles. The molecule has 124 valence electrons. The molecule has 3 N–H and O–H groups in total. The average molecular weight is 376 g/mol. The summed E-state index contributed by atoms with van der Waals surface area (Å²) in [7, 11) is 1.71. The molecule has 0 aliphatic rings. The first-order valence-electron chi connectivity index (χ1n) is 6.87. The zero-order valence-electron chi connectivity index (χ0n) is 12.9. The summed E-state index contributed by atoms with van der Waals surface area (Å²) in [4.78, 5) is 18.2. The quantitative estimate of drug-likeness (QED) is 0.661. The molecule has 1 aromatic carbocycles. The largest absolute Gasteiger partial charge is 0.496 e. The molecule has 0 radical (unpaired) electrons. The number of ether oxygens (including phenoxy) is 1. The van der Waals surface area contributed by atoms with Crippen molar-refractivity contribution in [2.24, 2.45) is 0 Å². The van der Waals surface area contributed by atoms with Crippen molar-refractivity contribution in [1.29, 1.82) is 0 Å². The fourth-order valence-electron chi connectivity index (χ4n) is 1.72. The molecule has 0 fully saturated rings. The van der Waals surface area contributed by atoms with Crippen molar-refractivity contribution in [3.8, 4) is 5.75 Å². The Hall–Kier alpha value is -1.60. The van der Waals surface area contributed by atoms with Crippen molar-refractivity contribution >= 4 is 27.9 Å². The molecule has 0 saturated heterocycles. The van der Waals surface area contributed by atoms with E-state index in [4.69, 9.17) is 24.5 Å². The Morgan fingerprint density at radius 1 is 1.23 bits per heavy atom. The minimum absolute atomic E-state index is 0.587. The summed E-state index contributed by atoms with van der Waals surface area (Å²) in [5.41, 5.74) is 1.20. The van der Waals surface area contributed by atoms with Gasteiger partial charge in [0.25, 0.3) is 0 Å². The van der Waals surface area contributed by atoms with Crippen LogP contribution < -0.4 is 10.1 Å². The molecule has 6 nitrogen and oxygen atoms in total. The minimum Gasteiger partial charge on any atom is -0.496 e. The summed E-state index contributed by atoms with van der Waals surface area (Å²) in [5.74, 6) is -2.70. The van der Waals surface area contributed by atoms with Crippen LogP contribution in [0.4, 0.5) is 0 Å². The van der Waals surface area contributed by atoms with Gasteiger partial charge < -0.3 is 20.3 Å². The molecule has 1 aromatic rings. The summed E-state index contributed by atoms with van der Waals surface area (Å²) in [5, 5.41) is 18.3. The first-order valence-corrected chi connectivity index (χ1v) is 7.66. The molecule has 0 aromatic heterocycles. The van der Waals surface area contributed by atoms with Crippen molar-refractivity contribution < 1.29 is 24.5 Å². The van der Waals surface area contributed by atoms with Crippen LogP contribution in [0.1, 0.15) is 32.3 Å². The van der Waals surface area contributed by atoms with Crippen molar-refractivity contribution in [1.82, 2.24) is 5.32 Å². The predicted octanol–water partition coefficient (Wildman–Crippen LogP) is 2.89. The van der Waals surface area contributed by atoms with Crippen LogP contribution in [0.2, 0.25) is 0 Å². The number of carbonyl (C=O) groups is 2. The van der Waals surface area contributed by atoms with E-state index in [1.54, 1.807) is 7.11 Å². The van der Waals surface area contributed by atoms with Gasteiger partial charge in [0.2, 0.25) is 0 Å². The van der Waals surface area contributed by atoms with Crippen molar-refractivity contribution in [3.05, 3.63) is 28.2 Å². The van der Waals surface area contributed by atoms with E-state index in [1.165, 1.54) is 5.56 Å². The molecule has 0 amide bonds. The topological polar surface area (TPSA) is 95.9 Å². The van der Waals surface area contributed by atoms with E-state index in [9.17, 15) is 0 Å². The van der Waals surface area contributed by atoms with E-state index >= 15 is 0 Å². The van der Waals surface area contributed by atoms with Crippen LogP contribution in [-0.4, -0.2) is 35.3 Å². The maximum absolute atomic E-state index is 9.10. The predicted molar refractivity (Wildman–Crippen MR) is 87.2 cm³/mol. The van der Waals surface area contributed by atoms with Crippen molar-refractivity contribution in [2.75, 3.05) is 7.11 Å². The zero-order valence-corrected chi connectivity index (χ0v) is 14.5. The highest BCUT2D eigenvalue weighted by Crippen LogP contribution is 2.22. The van der Waals surface area contributed by atoms with Gasteiger partial charge in [-0.2, -0.15) is 0 Å². The maximum Gasteiger partial charge on any atom is 0.414 e. The van der Waals surface area contributed by atoms with Crippen molar-refractivity contribution in [2.45, 2.75) is 39.3 Å². The van der Waals surface area contributed by atoms with Crippen LogP contribution in [0, 0.1) is 0 Å². The third kappa shape index (κ3) is 7.99. The van der Waals surface area contributed by atoms with E-state index < -0.39 is 11.9 Å². The van der Waals surface area contributed by atoms with Gasteiger partial charge in [-0.15, -0.1) is 0 Å². The van der Waals surface area contributed by atoms with Gasteiger partial charge in [-0.3, -0.25) is 0 Å². The number of methoxy groups -OCH3 is 1. The van der Waals surface area contributed by atoms with Crippen molar-refractivity contribution in [3.63, 3.8) is 0 Å². The molecule has 0 spiro atoms. The highest BCUT2D eigenvalue weighted by atomic mass is 79.9. The Balaban J connectivity index is 0.000000626. The minimum atomic E-state index is -1.82. The first kappa shape index (κ1) is 20.4. The highest BCUT2D eigenvalue weighted by Gasteiger charge is 2.06. The lowest BCUT2D eigenvalue weighted by Crippen LogP contribution is -2.27. The summed E-state index contributed by atoms with van der Waals surface area (Å²) in [6.45, 7) is 5.27. The third-order valence-corrected chi connectivity index (χ3v) is 3.49. The smallest absolute Gasteiger partial charge is 0.414 e. The van der Waals surface area contributed by atoms with E-state index in [0.717, 1.165) is 29.6 Å². The summed E-state index contributed by atoms with van der Waals surface area (Å²) < 4.78 is 6.43. The monoisotopic (exact) mass is 375 g/mol. The second-order valence-corrected chi connectivity index (χ2v) is 5.38. The molecule has 0 bridgehead atoms. The lowest BCUT2D eigenvalue weighted by atomic mass is 10.1. The number of benzene rings is 1. The van der Waals surface area contributed by atoms with E-state index in [1.807, 2.05) is 12.1 Å². The SMILES string of the molecule is CCC(CC)NCc1cc(Br)ccc1OC.O=C(O)C(=O)O. The average Bonchev–Trinajstić information content (AvgIpc) is 2.49. The lowest BCUT2D eigenvalue weighted by molar-refractivity contribution is -0.159. The molecular formula is C15H22BrNO5. The van der Waals surface area contributed by atoms with Crippen LogP contribution >= 0.6 is 15.9 Å². The number of halogens is 1. The fraction of sp³-hybridized carbons (Fsp3) is 0.467. The van der Waals surface area contributed by atoms with Crippen LogP contribution in [0.25, 0.3) is 0 Å². The number of aliphatic carboxylic acids is 2. The molecule has 0 unspecified atom stereocenters. The number of carboxylic acids is 2. The summed E-state index contributed by atoms with van der Waals surface area (Å²) in [6, 6.07) is 6.69. The second kappa shape index (κ2) is 11.0. The van der Waals surface area contributed by atoms with Gasteiger partial charge in [-0.25, -0.2) is 9.59 Å². The molecule has 7 heteroatoms. The van der Waals surface area contributed by atoms with Gasteiger partial charge in [0, 0.05) is 22.6 Å². The number of rotatable bonds is 6. The van der Waals surface area contributed by atoms with Crippen LogP contribution in [-0.2, 0) is 16.1 Å². The zero-order chi connectivity index (χ0) is 17.1. The number of hydrogen-bond acceptors (Lipinski definition) is 4. The Kier molecular flexibility index (Phi) is 10.2. The van der Waals surface area contributed by atoms with E-state index in [0.29, 0.717) is 6.04 Å².